The zero-order chi connectivity index (χ0) is 12.6. The molecule has 3 N–H and O–H groups in total. The summed E-state index contributed by atoms with van der Waals surface area (Å²) in [7, 11) is 0. The largest absolute Gasteiger partial charge is 0.323 e. The van der Waals surface area contributed by atoms with Crippen LogP contribution in [0.2, 0.25) is 0 Å². The van der Waals surface area contributed by atoms with E-state index in [1.54, 1.807) is 12.1 Å². The second-order valence-corrected chi connectivity index (χ2v) is 4.73. The molecule has 0 aliphatic heterocycles. The fraction of sp³-hybridized carbons (Fsp3) is 0.250. The lowest BCUT2D eigenvalue weighted by Gasteiger charge is -2.11. The van der Waals surface area contributed by atoms with Gasteiger partial charge in [-0.05, 0) is 47.0 Å². The van der Waals surface area contributed by atoms with Gasteiger partial charge >= 0.3 is 0 Å². The standard InChI is InChI=1S/C12H13BrFN3/c1-3-7-5-9(17-15)10-11(14)8(13)4-6(2)12(10)16-7/h4-5H,3,15H2,1-2H3,(H,16,17). The number of nitrogen functional groups attached to an aromatic ring is 1. The molecule has 0 amide bonds. The Labute approximate surface area is 107 Å². The van der Waals surface area contributed by atoms with Crippen LogP contribution in [0.25, 0.3) is 10.9 Å². The van der Waals surface area contributed by atoms with E-state index in [9.17, 15) is 4.39 Å². The van der Waals surface area contributed by atoms with E-state index in [0.29, 0.717) is 21.1 Å². The Morgan fingerprint density at radius 1 is 1.47 bits per heavy atom. The van der Waals surface area contributed by atoms with Gasteiger partial charge in [0.15, 0.2) is 0 Å². The summed E-state index contributed by atoms with van der Waals surface area (Å²) >= 11 is 3.19. The zero-order valence-electron chi connectivity index (χ0n) is 9.64. The molecule has 0 saturated carbocycles. The lowest BCUT2D eigenvalue weighted by Crippen LogP contribution is -2.09. The van der Waals surface area contributed by atoms with Crippen molar-refractivity contribution in [2.45, 2.75) is 20.3 Å². The Balaban J connectivity index is 2.93. The van der Waals surface area contributed by atoms with Crippen molar-refractivity contribution < 1.29 is 4.39 Å². The summed E-state index contributed by atoms with van der Waals surface area (Å²) < 4.78 is 14.5. The van der Waals surface area contributed by atoms with Crippen molar-refractivity contribution in [2.75, 3.05) is 5.43 Å². The van der Waals surface area contributed by atoms with Crippen LogP contribution in [-0.2, 0) is 6.42 Å². The smallest absolute Gasteiger partial charge is 0.148 e. The Morgan fingerprint density at radius 3 is 2.76 bits per heavy atom. The van der Waals surface area contributed by atoms with Crippen LogP contribution < -0.4 is 11.3 Å². The van der Waals surface area contributed by atoms with Crippen molar-refractivity contribution in [1.29, 1.82) is 0 Å². The van der Waals surface area contributed by atoms with Crippen molar-refractivity contribution in [2.24, 2.45) is 5.84 Å². The van der Waals surface area contributed by atoms with Crippen LogP contribution in [0.15, 0.2) is 16.6 Å². The molecule has 0 atom stereocenters. The van der Waals surface area contributed by atoms with E-state index in [0.717, 1.165) is 17.7 Å². The van der Waals surface area contributed by atoms with Gasteiger partial charge in [0.2, 0.25) is 0 Å². The third-order valence-corrected chi connectivity index (χ3v) is 3.31. The number of hydrogen-bond donors (Lipinski definition) is 2. The summed E-state index contributed by atoms with van der Waals surface area (Å²) in [6, 6.07) is 3.50. The maximum absolute atomic E-state index is 14.1. The fourth-order valence-corrected chi connectivity index (χ4v) is 2.38. The first-order chi connectivity index (χ1) is 8.08. The molecule has 0 radical (unpaired) electrons. The molecular formula is C12H13BrFN3. The molecular weight excluding hydrogens is 285 g/mol. The summed E-state index contributed by atoms with van der Waals surface area (Å²) in [4.78, 5) is 4.45. The average Bonchev–Trinajstić information content (AvgIpc) is 2.34. The number of nitrogens with one attached hydrogen (secondary N) is 1. The molecule has 1 aromatic carbocycles. The first kappa shape index (κ1) is 12.3. The van der Waals surface area contributed by atoms with Gasteiger partial charge in [-0.1, -0.05) is 6.92 Å². The van der Waals surface area contributed by atoms with Crippen LogP contribution >= 0.6 is 15.9 Å². The number of halogens is 2. The second-order valence-electron chi connectivity index (χ2n) is 3.87. The topological polar surface area (TPSA) is 50.9 Å². The molecule has 0 bridgehead atoms. The number of fused-ring (bicyclic) bond motifs is 1. The van der Waals surface area contributed by atoms with Gasteiger partial charge in [0.25, 0.3) is 0 Å². The van der Waals surface area contributed by atoms with Crippen molar-refractivity contribution in [3.8, 4) is 0 Å². The highest BCUT2D eigenvalue weighted by atomic mass is 79.9. The number of nitrogens with zero attached hydrogens (tertiary/aromatic N) is 1. The molecule has 5 heteroatoms. The second kappa shape index (κ2) is 4.58. The number of nitrogens with two attached hydrogens (primary N) is 1. The van der Waals surface area contributed by atoms with Crippen molar-refractivity contribution in [1.82, 2.24) is 4.98 Å². The molecule has 1 heterocycles. The molecule has 0 fully saturated rings. The SMILES string of the molecule is CCc1cc(NN)c2c(F)c(Br)cc(C)c2n1. The highest BCUT2D eigenvalue weighted by molar-refractivity contribution is 9.10. The summed E-state index contributed by atoms with van der Waals surface area (Å²) in [6.07, 6.45) is 0.780. The minimum Gasteiger partial charge on any atom is -0.323 e. The number of aryl methyl sites for hydroxylation is 2. The van der Waals surface area contributed by atoms with Gasteiger partial charge in [0, 0.05) is 5.69 Å². The third-order valence-electron chi connectivity index (χ3n) is 2.74. The van der Waals surface area contributed by atoms with Crippen LogP contribution in [-0.4, -0.2) is 4.98 Å². The molecule has 90 valence electrons. The Hall–Kier alpha value is -1.20. The van der Waals surface area contributed by atoms with E-state index in [1.807, 2.05) is 13.8 Å². The lowest BCUT2D eigenvalue weighted by molar-refractivity contribution is 0.633. The monoisotopic (exact) mass is 297 g/mol. The van der Waals surface area contributed by atoms with Crippen molar-refractivity contribution in [3.63, 3.8) is 0 Å². The Morgan fingerprint density at radius 2 is 2.18 bits per heavy atom. The normalized spacial score (nSPS) is 10.9. The molecule has 0 aliphatic carbocycles. The van der Waals surface area contributed by atoms with Gasteiger partial charge in [0.1, 0.15) is 5.82 Å². The van der Waals surface area contributed by atoms with Crippen LogP contribution in [0, 0.1) is 12.7 Å². The maximum Gasteiger partial charge on any atom is 0.148 e. The predicted octanol–water partition coefficient (Wildman–Crippen LogP) is 3.29. The molecule has 2 rings (SSSR count). The zero-order valence-corrected chi connectivity index (χ0v) is 11.2. The van der Waals surface area contributed by atoms with Crippen LogP contribution in [0.5, 0.6) is 0 Å². The summed E-state index contributed by atoms with van der Waals surface area (Å²) in [5.74, 6) is 5.11. The van der Waals surface area contributed by atoms with Crippen LogP contribution in [0.1, 0.15) is 18.2 Å². The number of anilines is 1. The van der Waals surface area contributed by atoms with Gasteiger partial charge in [-0.25, -0.2) is 4.39 Å². The number of aromatic nitrogens is 1. The molecule has 0 spiro atoms. The first-order valence-electron chi connectivity index (χ1n) is 5.33. The van der Waals surface area contributed by atoms with Crippen molar-refractivity contribution >= 4 is 32.5 Å². The molecule has 17 heavy (non-hydrogen) atoms. The lowest BCUT2D eigenvalue weighted by atomic mass is 10.1. The van der Waals surface area contributed by atoms with Crippen LogP contribution in [0.4, 0.5) is 10.1 Å². The molecule has 0 unspecified atom stereocenters. The highest BCUT2D eigenvalue weighted by Crippen LogP contribution is 2.32. The van der Waals surface area contributed by atoms with E-state index in [1.165, 1.54) is 0 Å². The minimum atomic E-state index is -0.339. The van der Waals surface area contributed by atoms with E-state index in [4.69, 9.17) is 5.84 Å². The summed E-state index contributed by atoms with van der Waals surface area (Å²) in [6.45, 7) is 3.90. The molecule has 2 aromatic rings. The minimum absolute atomic E-state index is 0.339. The molecule has 0 aliphatic rings. The van der Waals surface area contributed by atoms with E-state index < -0.39 is 0 Å². The number of pyridine rings is 1. The number of hydrazine groups is 1. The molecule has 0 saturated heterocycles. The maximum atomic E-state index is 14.1. The van der Waals surface area contributed by atoms with Crippen LogP contribution in [0.3, 0.4) is 0 Å². The predicted molar refractivity (Wildman–Crippen MR) is 71.3 cm³/mol. The number of rotatable bonds is 2. The summed E-state index contributed by atoms with van der Waals surface area (Å²) in [5.41, 5.74) is 5.55. The Bertz CT molecular complexity index is 584. The van der Waals surface area contributed by atoms with Gasteiger partial charge < -0.3 is 5.43 Å². The average molecular weight is 298 g/mol. The summed E-state index contributed by atoms with van der Waals surface area (Å²) in [5, 5.41) is 0.427. The highest BCUT2D eigenvalue weighted by Gasteiger charge is 2.14. The quantitative estimate of drug-likeness (QED) is 0.660. The molecule has 3 nitrogen and oxygen atoms in total. The number of benzene rings is 1. The Kier molecular flexibility index (Phi) is 3.31. The van der Waals surface area contributed by atoms with E-state index in [2.05, 4.69) is 26.3 Å². The third kappa shape index (κ3) is 2.00. The van der Waals surface area contributed by atoms with E-state index in [-0.39, 0.29) is 5.82 Å². The molecule has 1 aromatic heterocycles. The van der Waals surface area contributed by atoms with Crippen molar-refractivity contribution in [3.05, 3.63) is 33.7 Å². The van der Waals surface area contributed by atoms with Gasteiger partial charge in [0.05, 0.1) is 21.1 Å². The van der Waals surface area contributed by atoms with Gasteiger partial charge in [-0.3, -0.25) is 10.8 Å². The van der Waals surface area contributed by atoms with Gasteiger partial charge in [-0.2, -0.15) is 0 Å². The number of hydrogen-bond acceptors (Lipinski definition) is 3. The van der Waals surface area contributed by atoms with Gasteiger partial charge in [-0.15, -0.1) is 0 Å². The first-order valence-corrected chi connectivity index (χ1v) is 6.12. The van der Waals surface area contributed by atoms with E-state index >= 15 is 0 Å². The fourth-order valence-electron chi connectivity index (χ4n) is 1.84.